The third kappa shape index (κ3) is 3.76. The molecule has 1 aromatic heterocycles. The van der Waals surface area contributed by atoms with Crippen LogP contribution in [0.3, 0.4) is 0 Å². The lowest BCUT2D eigenvalue weighted by molar-refractivity contribution is 0.0982. The number of anilines is 1. The molecule has 0 unspecified atom stereocenters. The van der Waals surface area contributed by atoms with Gasteiger partial charge in [-0.25, -0.2) is 0 Å². The van der Waals surface area contributed by atoms with Gasteiger partial charge in [-0.2, -0.15) is 0 Å². The quantitative estimate of drug-likeness (QED) is 0.781. The van der Waals surface area contributed by atoms with Crippen molar-refractivity contribution in [3.05, 3.63) is 41.3 Å². The number of benzene rings is 1. The Balaban J connectivity index is 2.45. The number of amides is 1. The summed E-state index contributed by atoms with van der Waals surface area (Å²) in [6.07, 6.45) is 0.645. The summed E-state index contributed by atoms with van der Waals surface area (Å²) in [6.45, 7) is 5.00. The monoisotopic (exact) mass is 331 g/mol. The molecule has 0 bridgehead atoms. The topological polar surface area (TPSA) is 58.8 Å². The van der Waals surface area contributed by atoms with E-state index in [0.29, 0.717) is 35.7 Å². The van der Waals surface area contributed by atoms with Crippen LogP contribution >= 0.6 is 0 Å². The van der Waals surface area contributed by atoms with Gasteiger partial charge in [0.2, 0.25) is 0 Å². The Morgan fingerprint density at radius 2 is 1.96 bits per heavy atom. The zero-order valence-corrected chi connectivity index (χ0v) is 15.0. The van der Waals surface area contributed by atoms with Crippen LogP contribution in [-0.2, 0) is 6.42 Å². The fraction of sp³-hybridized carbons (Fsp3) is 0.444. The minimum Gasteiger partial charge on any atom is -0.495 e. The van der Waals surface area contributed by atoms with Crippen LogP contribution in [0.1, 0.15) is 28.7 Å². The third-order valence-electron chi connectivity index (χ3n) is 3.87. The summed E-state index contributed by atoms with van der Waals surface area (Å²) < 4.78 is 10.7. The van der Waals surface area contributed by atoms with Gasteiger partial charge in [0.25, 0.3) is 5.91 Å². The number of methoxy groups -OCH3 is 1. The number of carbonyl (C=O) groups excluding carboxylic acids is 1. The molecular formula is C18H25N3O3. The Morgan fingerprint density at radius 1 is 1.25 bits per heavy atom. The highest BCUT2D eigenvalue weighted by Crippen LogP contribution is 2.30. The summed E-state index contributed by atoms with van der Waals surface area (Å²) in [6, 6.07) is 7.53. The second-order valence-corrected chi connectivity index (χ2v) is 5.85. The van der Waals surface area contributed by atoms with Crippen LogP contribution in [-0.4, -0.2) is 50.3 Å². The van der Waals surface area contributed by atoms with E-state index in [4.69, 9.17) is 9.26 Å². The maximum Gasteiger partial charge on any atom is 0.263 e. The van der Waals surface area contributed by atoms with E-state index in [1.165, 1.54) is 0 Å². The first kappa shape index (κ1) is 18.0. The van der Waals surface area contributed by atoms with Crippen molar-refractivity contribution in [2.45, 2.75) is 20.3 Å². The normalized spacial score (nSPS) is 10.9. The standard InChI is InChI=1S/C18H25N3O3/c1-6-14-17(13(2)24-19-14)18(22)21(12-11-20(3)4)15-9-7-8-10-16(15)23-5/h7-10H,6,11-12H2,1-5H3. The van der Waals surface area contributed by atoms with Crippen molar-refractivity contribution in [1.29, 1.82) is 0 Å². The molecule has 6 heteroatoms. The molecule has 24 heavy (non-hydrogen) atoms. The molecular weight excluding hydrogens is 306 g/mol. The highest BCUT2D eigenvalue weighted by Gasteiger charge is 2.27. The molecule has 1 amide bonds. The van der Waals surface area contributed by atoms with Gasteiger partial charge in [0, 0.05) is 13.1 Å². The highest BCUT2D eigenvalue weighted by molar-refractivity contribution is 6.08. The minimum absolute atomic E-state index is 0.114. The summed E-state index contributed by atoms with van der Waals surface area (Å²) in [7, 11) is 5.57. The van der Waals surface area contributed by atoms with Crippen LogP contribution in [0.25, 0.3) is 0 Å². The average Bonchev–Trinajstić information content (AvgIpc) is 2.95. The van der Waals surface area contributed by atoms with Crippen molar-refractivity contribution in [1.82, 2.24) is 10.1 Å². The number of likely N-dealkylation sites (N-methyl/N-ethyl adjacent to an activating group) is 1. The van der Waals surface area contributed by atoms with E-state index in [1.54, 1.807) is 18.9 Å². The Bertz CT molecular complexity index is 695. The molecule has 0 saturated heterocycles. The van der Waals surface area contributed by atoms with Crippen LogP contribution in [0.4, 0.5) is 5.69 Å². The number of aromatic nitrogens is 1. The number of hydrogen-bond acceptors (Lipinski definition) is 5. The van der Waals surface area contributed by atoms with E-state index in [9.17, 15) is 4.79 Å². The van der Waals surface area contributed by atoms with Gasteiger partial charge in [-0.05, 0) is 39.6 Å². The fourth-order valence-corrected chi connectivity index (χ4v) is 2.55. The Labute approximate surface area is 143 Å². The molecule has 2 aromatic rings. The number of para-hydroxylation sites is 2. The molecule has 0 fully saturated rings. The SMILES string of the molecule is CCc1noc(C)c1C(=O)N(CCN(C)C)c1ccccc1OC. The number of carbonyl (C=O) groups is 1. The number of rotatable bonds is 7. The molecule has 1 aromatic carbocycles. The molecule has 0 aliphatic heterocycles. The Morgan fingerprint density at radius 3 is 2.58 bits per heavy atom. The lowest BCUT2D eigenvalue weighted by atomic mass is 10.1. The maximum absolute atomic E-state index is 13.2. The number of hydrogen-bond donors (Lipinski definition) is 0. The first-order chi connectivity index (χ1) is 11.5. The van der Waals surface area contributed by atoms with Crippen LogP contribution in [0.15, 0.2) is 28.8 Å². The molecule has 6 nitrogen and oxygen atoms in total. The van der Waals surface area contributed by atoms with Crippen molar-refractivity contribution < 1.29 is 14.1 Å². The second-order valence-electron chi connectivity index (χ2n) is 5.85. The third-order valence-corrected chi connectivity index (χ3v) is 3.87. The molecule has 1 heterocycles. The Hall–Kier alpha value is -2.34. The Kier molecular flexibility index (Phi) is 5.98. The average molecular weight is 331 g/mol. The summed E-state index contributed by atoms with van der Waals surface area (Å²) in [5.74, 6) is 1.09. The molecule has 130 valence electrons. The fourth-order valence-electron chi connectivity index (χ4n) is 2.55. The van der Waals surface area contributed by atoms with Crippen molar-refractivity contribution in [3.63, 3.8) is 0 Å². The largest absolute Gasteiger partial charge is 0.495 e. The molecule has 0 atom stereocenters. The molecule has 0 radical (unpaired) electrons. The predicted octanol–water partition coefficient (Wildman–Crippen LogP) is 2.76. The minimum atomic E-state index is -0.114. The lowest BCUT2D eigenvalue weighted by Gasteiger charge is -2.26. The zero-order chi connectivity index (χ0) is 17.7. The predicted molar refractivity (Wildman–Crippen MR) is 93.8 cm³/mol. The summed E-state index contributed by atoms with van der Waals surface area (Å²) in [4.78, 5) is 17.0. The first-order valence-corrected chi connectivity index (χ1v) is 8.04. The molecule has 0 N–H and O–H groups in total. The molecule has 0 aliphatic rings. The second kappa shape index (κ2) is 7.97. The van der Waals surface area contributed by atoms with Gasteiger partial charge in [-0.15, -0.1) is 0 Å². The summed E-state index contributed by atoms with van der Waals surface area (Å²) >= 11 is 0. The van der Waals surface area contributed by atoms with Gasteiger partial charge < -0.3 is 19.1 Å². The smallest absolute Gasteiger partial charge is 0.263 e. The van der Waals surface area contributed by atoms with Gasteiger partial charge >= 0.3 is 0 Å². The maximum atomic E-state index is 13.2. The van der Waals surface area contributed by atoms with Gasteiger partial charge in [0.1, 0.15) is 17.1 Å². The van der Waals surface area contributed by atoms with E-state index in [2.05, 4.69) is 5.16 Å². The lowest BCUT2D eigenvalue weighted by Crippen LogP contribution is -2.37. The van der Waals surface area contributed by atoms with Gasteiger partial charge in [0.05, 0.1) is 18.5 Å². The van der Waals surface area contributed by atoms with E-state index < -0.39 is 0 Å². The molecule has 0 spiro atoms. The number of aryl methyl sites for hydroxylation is 2. The van der Waals surface area contributed by atoms with Crippen LogP contribution in [0, 0.1) is 6.92 Å². The van der Waals surface area contributed by atoms with E-state index in [-0.39, 0.29) is 5.91 Å². The van der Waals surface area contributed by atoms with E-state index >= 15 is 0 Å². The summed E-state index contributed by atoms with van der Waals surface area (Å²) in [5.41, 5.74) is 1.97. The van der Waals surface area contributed by atoms with Gasteiger partial charge in [0.15, 0.2) is 0 Å². The first-order valence-electron chi connectivity index (χ1n) is 8.04. The van der Waals surface area contributed by atoms with Crippen LogP contribution in [0.5, 0.6) is 5.75 Å². The van der Waals surface area contributed by atoms with E-state index in [0.717, 1.165) is 12.2 Å². The molecule has 2 rings (SSSR count). The number of nitrogens with zero attached hydrogens (tertiary/aromatic N) is 3. The van der Waals surface area contributed by atoms with Crippen molar-refractivity contribution in [2.75, 3.05) is 39.2 Å². The van der Waals surface area contributed by atoms with Crippen molar-refractivity contribution >= 4 is 11.6 Å². The molecule has 0 aliphatic carbocycles. The number of ether oxygens (including phenoxy) is 1. The molecule has 0 saturated carbocycles. The van der Waals surface area contributed by atoms with Crippen molar-refractivity contribution in [2.24, 2.45) is 0 Å². The van der Waals surface area contributed by atoms with Crippen molar-refractivity contribution in [3.8, 4) is 5.75 Å². The van der Waals surface area contributed by atoms with Gasteiger partial charge in [-0.3, -0.25) is 4.79 Å². The summed E-state index contributed by atoms with van der Waals surface area (Å²) in [5, 5.41) is 4.01. The van der Waals surface area contributed by atoms with E-state index in [1.807, 2.05) is 50.2 Å². The highest BCUT2D eigenvalue weighted by atomic mass is 16.5. The van der Waals surface area contributed by atoms with Gasteiger partial charge in [-0.1, -0.05) is 24.2 Å². The zero-order valence-electron chi connectivity index (χ0n) is 15.0. The van der Waals surface area contributed by atoms with Crippen LogP contribution in [0.2, 0.25) is 0 Å². The van der Waals surface area contributed by atoms with Crippen LogP contribution < -0.4 is 9.64 Å².